The van der Waals surface area contributed by atoms with Crippen LogP contribution in [0, 0.1) is 40.9 Å². The molecule has 1 aromatic carbocycles. The van der Waals surface area contributed by atoms with Crippen LogP contribution in [0.4, 0.5) is 5.69 Å². The number of aryl methyl sites for hydroxylation is 2. The van der Waals surface area contributed by atoms with E-state index in [-0.39, 0.29) is 11.3 Å². The van der Waals surface area contributed by atoms with Crippen LogP contribution in [0.3, 0.4) is 0 Å². The Balaban J connectivity index is 3.00. The van der Waals surface area contributed by atoms with Gasteiger partial charge in [0.25, 0.3) is 0 Å². The molecule has 0 amide bonds. The number of unbranched alkanes of at least 4 members (excludes halogenated alkanes) is 1. The van der Waals surface area contributed by atoms with Crippen LogP contribution in [-0.2, 0) is 6.42 Å². The quantitative estimate of drug-likeness (QED) is 0.824. The molecular formula is C16H16N4. The molecule has 0 aliphatic heterocycles. The van der Waals surface area contributed by atoms with E-state index < -0.39 is 0 Å². The number of nitrogens with zero attached hydrogens (tertiary/aromatic N) is 3. The molecule has 0 heterocycles. The molecule has 1 aromatic rings. The summed E-state index contributed by atoms with van der Waals surface area (Å²) in [7, 11) is 0. The molecule has 0 bridgehead atoms. The smallest absolute Gasteiger partial charge is 0.163 e. The second-order valence-corrected chi connectivity index (χ2v) is 4.46. The number of rotatable bonds is 5. The highest BCUT2D eigenvalue weighted by Crippen LogP contribution is 2.20. The van der Waals surface area contributed by atoms with Gasteiger partial charge in [-0.15, -0.1) is 0 Å². The van der Waals surface area contributed by atoms with Gasteiger partial charge in [-0.2, -0.15) is 15.8 Å². The van der Waals surface area contributed by atoms with Crippen LogP contribution in [0.15, 0.2) is 29.5 Å². The SMILES string of the molecule is CCCCc1ccc(NC(C#N)=C(C#N)C#N)c(C)c1. The normalized spacial score (nSPS) is 8.95. The Hall–Kier alpha value is -2.77. The van der Waals surface area contributed by atoms with Gasteiger partial charge in [-0.3, -0.25) is 0 Å². The largest absolute Gasteiger partial charge is 0.345 e. The lowest BCUT2D eigenvalue weighted by atomic mass is 10.0. The van der Waals surface area contributed by atoms with E-state index in [0.717, 1.165) is 30.5 Å². The van der Waals surface area contributed by atoms with Gasteiger partial charge < -0.3 is 5.32 Å². The minimum Gasteiger partial charge on any atom is -0.345 e. The highest BCUT2D eigenvalue weighted by Gasteiger charge is 2.08. The molecule has 1 N–H and O–H groups in total. The zero-order valence-electron chi connectivity index (χ0n) is 11.7. The first-order valence-electron chi connectivity index (χ1n) is 6.47. The fraction of sp³-hybridized carbons (Fsp3) is 0.312. The van der Waals surface area contributed by atoms with Crippen molar-refractivity contribution in [1.82, 2.24) is 0 Å². The molecule has 20 heavy (non-hydrogen) atoms. The van der Waals surface area contributed by atoms with Gasteiger partial charge in [0.2, 0.25) is 0 Å². The average Bonchev–Trinajstić information content (AvgIpc) is 2.47. The summed E-state index contributed by atoms with van der Waals surface area (Å²) in [4.78, 5) is 0. The number of nitriles is 3. The predicted octanol–water partition coefficient (Wildman–Crippen LogP) is 3.57. The lowest BCUT2D eigenvalue weighted by molar-refractivity contribution is 0.794. The molecule has 0 aliphatic carbocycles. The van der Waals surface area contributed by atoms with Gasteiger partial charge >= 0.3 is 0 Å². The number of allylic oxidation sites excluding steroid dienone is 2. The Bertz CT molecular complexity index is 620. The monoisotopic (exact) mass is 264 g/mol. The van der Waals surface area contributed by atoms with Gasteiger partial charge in [-0.1, -0.05) is 25.5 Å². The maximum Gasteiger partial charge on any atom is 0.163 e. The maximum atomic E-state index is 9.01. The summed E-state index contributed by atoms with van der Waals surface area (Å²) in [5, 5.41) is 29.5. The summed E-state index contributed by atoms with van der Waals surface area (Å²) in [5.74, 6) is 0. The van der Waals surface area contributed by atoms with E-state index in [1.807, 2.05) is 25.1 Å². The van der Waals surface area contributed by atoms with E-state index in [9.17, 15) is 0 Å². The van der Waals surface area contributed by atoms with Crippen molar-refractivity contribution in [1.29, 1.82) is 15.8 Å². The standard InChI is InChI=1S/C16H16N4/c1-3-4-5-13-6-7-15(12(2)8-13)20-16(11-19)14(9-17)10-18/h6-8,20H,3-5H2,1-2H3. The van der Waals surface area contributed by atoms with Crippen LogP contribution in [0.2, 0.25) is 0 Å². The molecule has 4 nitrogen and oxygen atoms in total. The van der Waals surface area contributed by atoms with Gasteiger partial charge in [0.15, 0.2) is 5.57 Å². The summed E-state index contributed by atoms with van der Waals surface area (Å²) in [6.45, 7) is 4.09. The Labute approximate surface area is 119 Å². The van der Waals surface area contributed by atoms with E-state index in [1.54, 1.807) is 12.1 Å². The van der Waals surface area contributed by atoms with Gasteiger partial charge in [0.05, 0.1) is 0 Å². The molecule has 0 aromatic heterocycles. The minimum absolute atomic E-state index is 0.0144. The van der Waals surface area contributed by atoms with Crippen LogP contribution in [-0.4, -0.2) is 0 Å². The van der Waals surface area contributed by atoms with Gasteiger partial charge in [-0.05, 0) is 37.0 Å². The summed E-state index contributed by atoms with van der Waals surface area (Å²) < 4.78 is 0. The summed E-state index contributed by atoms with van der Waals surface area (Å²) >= 11 is 0. The van der Waals surface area contributed by atoms with Crippen molar-refractivity contribution < 1.29 is 0 Å². The van der Waals surface area contributed by atoms with Crippen LogP contribution in [0.1, 0.15) is 30.9 Å². The fourth-order valence-electron chi connectivity index (χ4n) is 1.82. The summed E-state index contributed by atoms with van der Waals surface area (Å²) in [6, 6.07) is 11.2. The van der Waals surface area contributed by atoms with Crippen LogP contribution in [0.25, 0.3) is 0 Å². The number of hydrogen-bond acceptors (Lipinski definition) is 4. The van der Waals surface area contributed by atoms with Crippen molar-refractivity contribution in [2.24, 2.45) is 0 Å². The third-order valence-electron chi connectivity index (χ3n) is 2.95. The fourth-order valence-corrected chi connectivity index (χ4v) is 1.82. The van der Waals surface area contributed by atoms with Gasteiger partial charge in [0, 0.05) is 5.69 Å². The molecule has 0 radical (unpaired) electrons. The highest BCUT2D eigenvalue weighted by molar-refractivity contribution is 5.61. The van der Waals surface area contributed by atoms with Crippen LogP contribution >= 0.6 is 0 Å². The predicted molar refractivity (Wildman–Crippen MR) is 77.3 cm³/mol. The lowest BCUT2D eigenvalue weighted by Crippen LogP contribution is -2.02. The third kappa shape index (κ3) is 3.87. The summed E-state index contributed by atoms with van der Waals surface area (Å²) in [5.41, 5.74) is 2.76. The number of nitrogens with one attached hydrogen (secondary N) is 1. The van der Waals surface area contributed by atoms with E-state index >= 15 is 0 Å². The Morgan fingerprint density at radius 3 is 2.35 bits per heavy atom. The molecule has 4 heteroatoms. The Morgan fingerprint density at radius 2 is 1.85 bits per heavy atom. The van der Waals surface area contributed by atoms with Gasteiger partial charge in [0.1, 0.15) is 23.9 Å². The van der Waals surface area contributed by atoms with Crippen molar-refractivity contribution in [3.8, 4) is 18.2 Å². The lowest BCUT2D eigenvalue weighted by Gasteiger charge is -2.10. The van der Waals surface area contributed by atoms with E-state index in [2.05, 4.69) is 18.3 Å². The average molecular weight is 264 g/mol. The third-order valence-corrected chi connectivity index (χ3v) is 2.95. The number of benzene rings is 1. The molecule has 0 aliphatic rings. The number of hydrogen-bond donors (Lipinski definition) is 1. The Kier molecular flexibility index (Phi) is 5.82. The van der Waals surface area contributed by atoms with Crippen molar-refractivity contribution in [3.63, 3.8) is 0 Å². The van der Waals surface area contributed by atoms with E-state index in [1.165, 1.54) is 5.56 Å². The van der Waals surface area contributed by atoms with Crippen molar-refractivity contribution >= 4 is 5.69 Å². The first kappa shape index (κ1) is 15.3. The Morgan fingerprint density at radius 1 is 1.15 bits per heavy atom. The second kappa shape index (κ2) is 7.62. The molecule has 0 saturated heterocycles. The topological polar surface area (TPSA) is 83.4 Å². The second-order valence-electron chi connectivity index (χ2n) is 4.46. The number of anilines is 1. The summed E-state index contributed by atoms with van der Waals surface area (Å²) in [6.07, 6.45) is 3.32. The molecule has 0 atom stereocenters. The molecule has 0 spiro atoms. The van der Waals surface area contributed by atoms with Crippen molar-refractivity contribution in [3.05, 3.63) is 40.6 Å². The van der Waals surface area contributed by atoms with Crippen LogP contribution < -0.4 is 5.32 Å². The molecular weight excluding hydrogens is 248 g/mol. The molecule has 0 fully saturated rings. The van der Waals surface area contributed by atoms with E-state index in [4.69, 9.17) is 15.8 Å². The highest BCUT2D eigenvalue weighted by atomic mass is 14.9. The molecule has 0 unspecified atom stereocenters. The van der Waals surface area contributed by atoms with Crippen molar-refractivity contribution in [2.45, 2.75) is 33.1 Å². The first-order chi connectivity index (χ1) is 9.65. The molecule has 100 valence electrons. The van der Waals surface area contributed by atoms with Gasteiger partial charge in [-0.25, -0.2) is 0 Å². The zero-order valence-corrected chi connectivity index (χ0v) is 11.7. The molecule has 1 rings (SSSR count). The van der Waals surface area contributed by atoms with Crippen molar-refractivity contribution in [2.75, 3.05) is 5.32 Å². The maximum absolute atomic E-state index is 9.01. The minimum atomic E-state index is -0.207. The zero-order chi connectivity index (χ0) is 15.0. The molecule has 0 saturated carbocycles. The van der Waals surface area contributed by atoms with Crippen LogP contribution in [0.5, 0.6) is 0 Å². The van der Waals surface area contributed by atoms with E-state index in [0.29, 0.717) is 0 Å². The first-order valence-corrected chi connectivity index (χ1v) is 6.47.